The summed E-state index contributed by atoms with van der Waals surface area (Å²) in [6.45, 7) is 3.89. The molecule has 1 aliphatic rings. The molecule has 0 unspecified atom stereocenters. The highest BCUT2D eigenvalue weighted by Gasteiger charge is 2.36. The Morgan fingerprint density at radius 3 is 1.93 bits per heavy atom. The van der Waals surface area contributed by atoms with E-state index in [1.165, 1.54) is 0 Å². The van der Waals surface area contributed by atoms with Crippen molar-refractivity contribution in [3.05, 3.63) is 0 Å². The molecular weight excluding hydrogens is 239 g/mol. The number of ether oxygens (including phenoxy) is 1. The Morgan fingerprint density at radius 1 is 1.47 bits per heavy atom. The van der Waals surface area contributed by atoms with Gasteiger partial charge in [-0.15, -0.1) is 0 Å². The molecule has 0 radical (unpaired) electrons. The molecule has 0 bridgehead atoms. The first-order valence-corrected chi connectivity index (χ1v) is 5.16. The lowest BCUT2D eigenvalue weighted by atomic mass is 10.7. The lowest BCUT2D eigenvalue weighted by molar-refractivity contribution is -0.487. The molecule has 5 nitrogen and oxygen atoms in total. The third kappa shape index (κ3) is 4.98. The summed E-state index contributed by atoms with van der Waals surface area (Å²) in [4.78, 5) is 0. The second-order valence-corrected chi connectivity index (χ2v) is 4.06. The Labute approximate surface area is 84.9 Å². The molecule has 0 saturated heterocycles. The third-order valence-electron chi connectivity index (χ3n) is 1.56. The quantitative estimate of drug-likeness (QED) is 0.347. The van der Waals surface area contributed by atoms with Crippen molar-refractivity contribution >= 4 is 16.0 Å². The Kier molecular flexibility index (Phi) is 4.53. The van der Waals surface area contributed by atoms with Gasteiger partial charge in [-0.2, -0.15) is 13.2 Å². The van der Waals surface area contributed by atoms with Crippen molar-refractivity contribution in [2.24, 2.45) is 0 Å². The zero-order valence-corrected chi connectivity index (χ0v) is 8.85. The van der Waals surface area contributed by atoms with Gasteiger partial charge in [-0.25, -0.2) is 13.0 Å². The molecule has 0 aromatic rings. The van der Waals surface area contributed by atoms with Crippen LogP contribution in [0.15, 0.2) is 0 Å². The smallest absolute Gasteiger partial charge is 0.485 e. The maximum atomic E-state index is 10.7. The summed E-state index contributed by atoms with van der Waals surface area (Å²) in [6, 6.07) is 0. The van der Waals surface area contributed by atoms with Crippen LogP contribution in [0.1, 0.15) is 6.92 Å². The predicted molar refractivity (Wildman–Crippen MR) is 43.4 cm³/mol. The minimum atomic E-state index is -6.09. The Bertz CT molecular complexity index is 334. The van der Waals surface area contributed by atoms with Gasteiger partial charge < -0.3 is 9.29 Å². The molecule has 0 amide bonds. The number of nitrogens with zero attached hydrogens (tertiary/aromatic N) is 1. The van der Waals surface area contributed by atoms with Crippen molar-refractivity contribution in [3.8, 4) is 0 Å². The highest BCUT2D eigenvalue weighted by atomic mass is 32.2. The molecule has 0 saturated carbocycles. The van der Waals surface area contributed by atoms with Crippen molar-refractivity contribution in [1.29, 1.82) is 0 Å². The van der Waals surface area contributed by atoms with Crippen LogP contribution in [0, 0.1) is 0 Å². The summed E-state index contributed by atoms with van der Waals surface area (Å²) in [6.07, 6.45) is 0. The molecule has 0 atom stereocenters. The summed E-state index contributed by atoms with van der Waals surface area (Å²) < 4.78 is 66.1. The third-order valence-corrected chi connectivity index (χ3v) is 2.13. The molecule has 0 N–H and O–H groups in total. The van der Waals surface area contributed by atoms with Crippen molar-refractivity contribution < 1.29 is 35.5 Å². The lowest BCUT2D eigenvalue weighted by Gasteiger charge is -2.08. The van der Waals surface area contributed by atoms with Crippen LogP contribution in [-0.2, 0) is 14.9 Å². The van der Waals surface area contributed by atoms with E-state index in [0.29, 0.717) is 0 Å². The van der Waals surface area contributed by atoms with Gasteiger partial charge in [0.1, 0.15) is 7.05 Å². The molecular formula is C6H10F3NO4S. The van der Waals surface area contributed by atoms with E-state index in [1.54, 1.807) is 0 Å². The minimum absolute atomic E-state index is 0.863. The van der Waals surface area contributed by atoms with Gasteiger partial charge >= 0.3 is 11.4 Å². The maximum Gasteiger partial charge on any atom is 0.485 e. The van der Waals surface area contributed by atoms with Gasteiger partial charge in [0.2, 0.25) is 0 Å². The summed E-state index contributed by atoms with van der Waals surface area (Å²) in [5.41, 5.74) is -5.65. The number of hydrogen-bond donors (Lipinski definition) is 0. The van der Waals surface area contributed by atoms with E-state index in [1.807, 2.05) is 14.0 Å². The Hall–Kier alpha value is -0.830. The molecule has 9 heteroatoms. The molecule has 0 aromatic carbocycles. The van der Waals surface area contributed by atoms with Crippen molar-refractivity contribution in [2.75, 3.05) is 20.2 Å². The van der Waals surface area contributed by atoms with Gasteiger partial charge in [0, 0.05) is 0 Å². The summed E-state index contributed by atoms with van der Waals surface area (Å²) in [7, 11) is -4.06. The van der Waals surface area contributed by atoms with Crippen LogP contribution < -0.4 is 0 Å². The fourth-order valence-corrected chi connectivity index (χ4v) is 0.598. The topological polar surface area (TPSA) is 69.4 Å². The van der Waals surface area contributed by atoms with Gasteiger partial charge in [-0.05, 0) is 0 Å². The zero-order chi connectivity index (χ0) is 12.3. The SMILES string of the molecule is CC1=[N+](C)CCO1.O=S(=O)([O-])C(F)(F)F. The van der Waals surface area contributed by atoms with Crippen LogP contribution in [0.5, 0.6) is 0 Å². The minimum Gasteiger partial charge on any atom is -0.741 e. The number of alkyl halides is 3. The number of halogens is 3. The average molecular weight is 249 g/mol. The fraction of sp³-hybridized carbons (Fsp3) is 0.833. The first-order valence-electron chi connectivity index (χ1n) is 3.75. The van der Waals surface area contributed by atoms with Crippen molar-refractivity contribution in [2.45, 2.75) is 12.4 Å². The first-order chi connectivity index (χ1) is 6.55. The van der Waals surface area contributed by atoms with Crippen LogP contribution in [0.4, 0.5) is 13.2 Å². The van der Waals surface area contributed by atoms with E-state index in [4.69, 9.17) is 17.7 Å². The summed E-state index contributed by atoms with van der Waals surface area (Å²) >= 11 is 0. The Morgan fingerprint density at radius 2 is 1.87 bits per heavy atom. The molecule has 15 heavy (non-hydrogen) atoms. The molecule has 0 spiro atoms. The van der Waals surface area contributed by atoms with Crippen molar-refractivity contribution in [3.63, 3.8) is 0 Å². The fourth-order valence-electron chi connectivity index (χ4n) is 0.598. The van der Waals surface area contributed by atoms with E-state index in [2.05, 4.69) is 4.58 Å². The number of hydrogen-bond acceptors (Lipinski definition) is 4. The molecule has 1 aliphatic heterocycles. The molecule has 0 fully saturated rings. The molecule has 0 aromatic heterocycles. The summed E-state index contributed by atoms with van der Waals surface area (Å²) in [5, 5.41) is 0. The zero-order valence-electron chi connectivity index (χ0n) is 8.04. The van der Waals surface area contributed by atoms with Gasteiger partial charge in [0.05, 0.1) is 6.92 Å². The van der Waals surface area contributed by atoms with E-state index < -0.39 is 15.6 Å². The molecule has 90 valence electrons. The van der Waals surface area contributed by atoms with Crippen LogP contribution >= 0.6 is 0 Å². The second kappa shape index (κ2) is 4.79. The van der Waals surface area contributed by atoms with E-state index in [9.17, 15) is 13.2 Å². The predicted octanol–water partition coefficient (Wildman–Crippen LogP) is 0.129. The Balaban J connectivity index is 0.000000262. The van der Waals surface area contributed by atoms with Crippen LogP contribution in [0.25, 0.3) is 0 Å². The van der Waals surface area contributed by atoms with Crippen molar-refractivity contribution in [1.82, 2.24) is 0 Å². The van der Waals surface area contributed by atoms with Gasteiger partial charge in [-0.3, -0.25) is 0 Å². The second-order valence-electron chi connectivity index (χ2n) is 2.69. The van der Waals surface area contributed by atoms with Crippen LogP contribution in [0.2, 0.25) is 0 Å². The van der Waals surface area contributed by atoms with E-state index in [-0.39, 0.29) is 0 Å². The van der Waals surface area contributed by atoms with Gasteiger partial charge in [-0.1, -0.05) is 0 Å². The van der Waals surface area contributed by atoms with E-state index in [0.717, 1.165) is 19.0 Å². The lowest BCUT2D eigenvalue weighted by Crippen LogP contribution is -2.21. The normalized spacial score (nSPS) is 16.9. The standard InChI is InChI=1S/C5H10NO.CHF3O3S/c1-5-6(2)3-4-7-5;2-1(3,4)8(5,6)7/h3-4H2,1-2H3;(H,5,6,7)/q+1;/p-1. The van der Waals surface area contributed by atoms with Gasteiger partial charge in [0.25, 0.3) is 0 Å². The van der Waals surface area contributed by atoms with Crippen LogP contribution in [-0.4, -0.2) is 49.2 Å². The average Bonchev–Trinajstić information content (AvgIpc) is 2.33. The maximum absolute atomic E-state index is 10.7. The molecule has 0 aliphatic carbocycles. The van der Waals surface area contributed by atoms with Crippen LogP contribution in [0.3, 0.4) is 0 Å². The van der Waals surface area contributed by atoms with Gasteiger partial charge in [0.15, 0.2) is 23.3 Å². The highest BCUT2D eigenvalue weighted by Crippen LogP contribution is 2.20. The van der Waals surface area contributed by atoms with E-state index >= 15 is 0 Å². The number of likely N-dealkylation sites (N-methyl/N-ethyl adjacent to an activating group) is 1. The largest absolute Gasteiger partial charge is 0.741 e. The highest BCUT2D eigenvalue weighted by molar-refractivity contribution is 7.86. The number of rotatable bonds is 0. The molecule has 1 heterocycles. The first kappa shape index (κ1) is 14.2. The monoisotopic (exact) mass is 249 g/mol. The molecule has 1 rings (SSSR count). The summed E-state index contributed by atoms with van der Waals surface area (Å²) in [5.74, 6) is 1.04.